The number of aryl methyl sites for hydroxylation is 8. The number of carboxylic acids is 1. The number of terminal acetylenes is 1. The number of hydrogen-bond donors (Lipinski definition) is 1. The van der Waals surface area contributed by atoms with Crippen LogP contribution in [-0.2, 0) is 23.9 Å². The van der Waals surface area contributed by atoms with Crippen LogP contribution in [0.4, 0.5) is 0 Å². The maximum atomic E-state index is 10.8. The van der Waals surface area contributed by atoms with Crippen LogP contribution < -0.4 is 0 Å². The largest absolute Gasteiger partial charge is 0.472 e. The van der Waals surface area contributed by atoms with Crippen LogP contribution in [0.25, 0.3) is 6.08 Å². The van der Waals surface area contributed by atoms with Crippen LogP contribution in [0, 0.1) is 91.4 Å². The van der Waals surface area contributed by atoms with Gasteiger partial charge in [-0.3, -0.25) is 0 Å². The number of carbonyl (C=O) groups excluding carboxylic acids is 2. The summed E-state index contributed by atoms with van der Waals surface area (Å²) in [4.78, 5) is 31.8. The fourth-order valence-electron chi connectivity index (χ4n) is 4.79. The first-order chi connectivity index (χ1) is 24.0. The fourth-order valence-corrected chi connectivity index (χ4v) is 4.79. The molecular formula is C45H46O6. The second kappa shape index (κ2) is 22.4. The van der Waals surface area contributed by atoms with Gasteiger partial charge >= 0.3 is 17.9 Å². The molecule has 0 amide bonds. The number of carboxylic acid groups (broad SMARTS) is 1. The van der Waals surface area contributed by atoms with Crippen molar-refractivity contribution in [1.29, 1.82) is 0 Å². The van der Waals surface area contributed by atoms with Gasteiger partial charge in [0.2, 0.25) is 0 Å². The molecule has 0 fully saturated rings. The fraction of sp³-hybridized carbons (Fsp3) is 0.222. The number of methoxy groups -OCH3 is 2. The predicted molar refractivity (Wildman–Crippen MR) is 206 cm³/mol. The summed E-state index contributed by atoms with van der Waals surface area (Å²) < 4.78 is 8.93. The lowest BCUT2D eigenvalue weighted by atomic mass is 10.1. The standard InChI is InChI=1S/C12H14O2.C12H12O2.C11H10O2.C10H10/c2*1-9-6-10(2)8-11(7-9)4-5-12(13)14-3;1-8-5-9(2)7-10(6-8)3-4-11(12)13;1-4-10-6-8(2)5-9(3)7-10/h4-8H,1-3H3;6-8H,1-3H3;5-7H,1-2H3,(H,12,13);1,5-7H,2-3H3/b5-4-;;;. The third kappa shape index (κ3) is 19.3. The van der Waals surface area contributed by atoms with E-state index in [0.717, 1.165) is 44.5 Å². The number of ether oxygens (including phenoxy) is 2. The molecule has 0 bridgehead atoms. The Morgan fingerprint density at radius 3 is 1.24 bits per heavy atom. The van der Waals surface area contributed by atoms with Crippen LogP contribution in [0.5, 0.6) is 0 Å². The van der Waals surface area contributed by atoms with Gasteiger partial charge in [-0.2, -0.15) is 0 Å². The molecule has 0 aliphatic rings. The molecule has 6 heteroatoms. The summed E-state index contributed by atoms with van der Waals surface area (Å²) >= 11 is 0. The molecule has 4 aromatic carbocycles. The molecule has 0 saturated heterocycles. The van der Waals surface area contributed by atoms with Gasteiger partial charge in [0.15, 0.2) is 0 Å². The molecular weight excluding hydrogens is 636 g/mol. The highest BCUT2D eigenvalue weighted by molar-refractivity contribution is 5.89. The molecule has 0 heterocycles. The lowest BCUT2D eigenvalue weighted by Crippen LogP contribution is -1.94. The number of benzene rings is 4. The molecule has 0 aromatic heterocycles. The Morgan fingerprint density at radius 2 is 0.902 bits per heavy atom. The molecule has 51 heavy (non-hydrogen) atoms. The summed E-state index contributed by atoms with van der Waals surface area (Å²) in [6.07, 6.45) is 8.42. The van der Waals surface area contributed by atoms with Gasteiger partial charge in [0, 0.05) is 34.6 Å². The molecule has 0 atom stereocenters. The van der Waals surface area contributed by atoms with Gasteiger partial charge in [-0.25, -0.2) is 14.4 Å². The minimum absolute atomic E-state index is 0.329. The summed E-state index contributed by atoms with van der Waals surface area (Å²) in [6.45, 7) is 16.1. The van der Waals surface area contributed by atoms with Crippen LogP contribution in [0.2, 0.25) is 0 Å². The first-order valence-corrected chi connectivity index (χ1v) is 15.9. The van der Waals surface area contributed by atoms with Crippen LogP contribution >= 0.6 is 0 Å². The van der Waals surface area contributed by atoms with Crippen molar-refractivity contribution in [3.63, 3.8) is 0 Å². The first-order valence-electron chi connectivity index (χ1n) is 15.9. The number of aliphatic carboxylic acids is 1. The average molecular weight is 683 g/mol. The molecule has 0 aliphatic carbocycles. The summed E-state index contributed by atoms with van der Waals surface area (Å²) in [5.74, 6) is 10.5. The van der Waals surface area contributed by atoms with Crippen molar-refractivity contribution >= 4 is 24.0 Å². The zero-order valence-corrected chi connectivity index (χ0v) is 31.1. The van der Waals surface area contributed by atoms with Crippen LogP contribution in [0.3, 0.4) is 0 Å². The molecule has 262 valence electrons. The van der Waals surface area contributed by atoms with E-state index in [2.05, 4.69) is 57.3 Å². The highest BCUT2D eigenvalue weighted by Gasteiger charge is 1.96. The van der Waals surface area contributed by atoms with Crippen molar-refractivity contribution in [3.05, 3.63) is 146 Å². The Labute approximate surface area is 303 Å². The van der Waals surface area contributed by atoms with Gasteiger partial charge in [0.25, 0.3) is 0 Å². The van der Waals surface area contributed by atoms with E-state index in [1.54, 1.807) is 6.08 Å². The second-order valence-electron chi connectivity index (χ2n) is 11.8. The molecule has 1 N–H and O–H groups in total. The smallest absolute Gasteiger partial charge is 0.384 e. The van der Waals surface area contributed by atoms with E-state index >= 15 is 0 Å². The van der Waals surface area contributed by atoms with E-state index in [-0.39, 0.29) is 5.97 Å². The summed E-state index contributed by atoms with van der Waals surface area (Å²) in [6, 6.07) is 23.9. The lowest BCUT2D eigenvalue weighted by molar-refractivity contribution is -0.135. The second-order valence-corrected chi connectivity index (χ2v) is 11.8. The lowest BCUT2D eigenvalue weighted by Gasteiger charge is -1.99. The highest BCUT2D eigenvalue weighted by atomic mass is 16.5. The Hall–Kier alpha value is -6.29. The molecule has 0 spiro atoms. The van der Waals surface area contributed by atoms with Crippen molar-refractivity contribution in [2.75, 3.05) is 14.2 Å². The van der Waals surface area contributed by atoms with Crippen molar-refractivity contribution in [2.24, 2.45) is 0 Å². The van der Waals surface area contributed by atoms with E-state index in [1.165, 1.54) is 42.5 Å². The molecule has 0 radical (unpaired) electrons. The number of hydrogen-bond acceptors (Lipinski definition) is 5. The molecule has 4 rings (SSSR count). The third-order valence-corrected chi connectivity index (χ3v) is 6.50. The van der Waals surface area contributed by atoms with Gasteiger partial charge in [0.1, 0.15) is 0 Å². The van der Waals surface area contributed by atoms with Gasteiger partial charge in [-0.1, -0.05) is 65.3 Å². The predicted octanol–water partition coefficient (Wildman–Crippen LogP) is 8.34. The van der Waals surface area contributed by atoms with Crippen LogP contribution in [0.1, 0.15) is 66.8 Å². The number of esters is 2. The van der Waals surface area contributed by atoms with Crippen LogP contribution in [-0.4, -0.2) is 37.2 Å². The van der Waals surface area contributed by atoms with Crippen molar-refractivity contribution in [2.45, 2.75) is 55.4 Å². The summed E-state index contributed by atoms with van der Waals surface area (Å²) in [5, 5.41) is 8.34. The van der Waals surface area contributed by atoms with E-state index in [9.17, 15) is 14.4 Å². The zero-order chi connectivity index (χ0) is 38.5. The van der Waals surface area contributed by atoms with Crippen LogP contribution in [0.15, 0.2) is 78.9 Å². The average Bonchev–Trinajstić information content (AvgIpc) is 3.04. The normalized spacial score (nSPS) is 9.27. The minimum atomic E-state index is -1.10. The summed E-state index contributed by atoms with van der Waals surface area (Å²) in [5.41, 5.74) is 12.9. The molecule has 6 nitrogen and oxygen atoms in total. The molecule has 0 saturated carbocycles. The molecule has 4 aromatic rings. The minimum Gasteiger partial charge on any atom is -0.472 e. The Kier molecular flexibility index (Phi) is 18.7. The van der Waals surface area contributed by atoms with Gasteiger partial charge in [-0.15, -0.1) is 6.42 Å². The van der Waals surface area contributed by atoms with E-state index < -0.39 is 11.9 Å². The monoisotopic (exact) mass is 682 g/mol. The Morgan fingerprint density at radius 1 is 0.549 bits per heavy atom. The zero-order valence-electron chi connectivity index (χ0n) is 31.1. The van der Waals surface area contributed by atoms with Gasteiger partial charge in [-0.05, 0) is 137 Å². The number of carbonyl (C=O) groups is 3. The van der Waals surface area contributed by atoms with Crippen molar-refractivity contribution in [3.8, 4) is 36.0 Å². The van der Waals surface area contributed by atoms with E-state index in [4.69, 9.17) is 11.5 Å². The first kappa shape index (κ1) is 42.7. The number of rotatable bonds is 2. The van der Waals surface area contributed by atoms with Crippen molar-refractivity contribution < 1.29 is 29.0 Å². The Bertz CT molecular complexity index is 1950. The maximum absolute atomic E-state index is 10.8. The molecule has 0 unspecified atom stereocenters. The molecule has 0 aliphatic heterocycles. The topological polar surface area (TPSA) is 89.9 Å². The van der Waals surface area contributed by atoms with Gasteiger partial charge < -0.3 is 14.6 Å². The Balaban J connectivity index is 0.000000342. The van der Waals surface area contributed by atoms with E-state index in [0.29, 0.717) is 0 Å². The summed E-state index contributed by atoms with van der Waals surface area (Å²) in [7, 11) is 2.69. The third-order valence-electron chi connectivity index (χ3n) is 6.50. The van der Waals surface area contributed by atoms with E-state index in [1.807, 2.05) is 110 Å². The highest BCUT2D eigenvalue weighted by Crippen LogP contribution is 2.11. The van der Waals surface area contributed by atoms with Crippen molar-refractivity contribution in [1.82, 2.24) is 0 Å². The quantitative estimate of drug-likeness (QED) is 0.130. The maximum Gasteiger partial charge on any atom is 0.384 e. The van der Waals surface area contributed by atoms with Gasteiger partial charge in [0.05, 0.1) is 14.2 Å². The SMILES string of the molecule is C#Cc1cc(C)cc(C)c1.COC(=O)/C=C\c1cc(C)cc(C)c1.COC(=O)C#Cc1cc(C)cc(C)c1.Cc1cc(C)cc(C#CC(=O)O)c1.